The highest BCUT2D eigenvalue weighted by Crippen LogP contribution is 2.15. The normalized spacial score (nSPS) is 12.5. The average molecular weight is 276 g/mol. The Morgan fingerprint density at radius 3 is 2.79 bits per heavy atom. The van der Waals surface area contributed by atoms with Crippen LogP contribution >= 0.6 is 27.3 Å². The molecule has 1 aromatic heterocycles. The van der Waals surface area contributed by atoms with Crippen molar-refractivity contribution in [3.05, 3.63) is 21.9 Å². The first-order valence-corrected chi connectivity index (χ1v) is 6.54. The zero-order chi connectivity index (χ0) is 10.6. The molecule has 0 aromatic carbocycles. The number of thiophene rings is 1. The monoisotopic (exact) mass is 275 g/mol. The quantitative estimate of drug-likeness (QED) is 0.842. The maximum absolute atomic E-state index is 11.7. The van der Waals surface area contributed by atoms with Gasteiger partial charge in [0.25, 0.3) is 5.91 Å². The third-order valence-corrected chi connectivity index (χ3v) is 3.76. The Hall–Kier alpha value is -0.350. The van der Waals surface area contributed by atoms with Gasteiger partial charge in [-0.2, -0.15) is 0 Å². The summed E-state index contributed by atoms with van der Waals surface area (Å²) in [6, 6.07) is 4.07. The number of aryl methyl sites for hydroxylation is 1. The maximum Gasteiger partial charge on any atom is 0.261 e. The van der Waals surface area contributed by atoms with Crippen molar-refractivity contribution in [2.75, 3.05) is 5.33 Å². The summed E-state index contributed by atoms with van der Waals surface area (Å²) in [5.41, 5.74) is 0. The first-order chi connectivity index (χ1) is 6.67. The van der Waals surface area contributed by atoms with Gasteiger partial charge in [-0.3, -0.25) is 4.79 Å². The summed E-state index contributed by atoms with van der Waals surface area (Å²) < 4.78 is 0. The van der Waals surface area contributed by atoms with Crippen LogP contribution in [0.4, 0.5) is 0 Å². The minimum atomic E-state index is 0.0365. The van der Waals surface area contributed by atoms with Crippen LogP contribution in [0.5, 0.6) is 0 Å². The van der Waals surface area contributed by atoms with Gasteiger partial charge in [-0.05, 0) is 25.5 Å². The molecule has 1 unspecified atom stereocenters. The fourth-order valence-corrected chi connectivity index (χ4v) is 2.45. The highest BCUT2D eigenvalue weighted by Gasteiger charge is 2.12. The Labute approximate surface area is 96.8 Å². The molecule has 0 aliphatic rings. The summed E-state index contributed by atoms with van der Waals surface area (Å²) in [6.45, 7) is 4.06. The molecule has 1 rings (SSSR count). The van der Waals surface area contributed by atoms with Crippen molar-refractivity contribution in [3.8, 4) is 0 Å². The molecule has 0 saturated heterocycles. The second kappa shape index (κ2) is 5.51. The molecule has 78 valence electrons. The summed E-state index contributed by atoms with van der Waals surface area (Å²) in [6.07, 6.45) is 0.946. The van der Waals surface area contributed by atoms with Crippen LogP contribution in [0, 0.1) is 6.92 Å². The molecule has 0 radical (unpaired) electrons. The highest BCUT2D eigenvalue weighted by atomic mass is 79.9. The van der Waals surface area contributed by atoms with Crippen molar-refractivity contribution in [1.82, 2.24) is 5.32 Å². The van der Waals surface area contributed by atoms with Crippen LogP contribution in [0.1, 0.15) is 27.9 Å². The van der Waals surface area contributed by atoms with Crippen molar-refractivity contribution in [2.45, 2.75) is 26.3 Å². The number of hydrogen-bond acceptors (Lipinski definition) is 2. The number of nitrogens with one attached hydrogen (secondary N) is 1. The number of carbonyl (C=O) groups is 1. The van der Waals surface area contributed by atoms with Crippen molar-refractivity contribution in [1.29, 1.82) is 0 Å². The molecule has 0 bridgehead atoms. The van der Waals surface area contributed by atoms with Crippen molar-refractivity contribution in [2.24, 2.45) is 0 Å². The lowest BCUT2D eigenvalue weighted by atomic mass is 10.2. The molecule has 1 atom stereocenters. The van der Waals surface area contributed by atoms with E-state index in [1.165, 1.54) is 16.2 Å². The Bertz CT molecular complexity index is 307. The lowest BCUT2D eigenvalue weighted by molar-refractivity contribution is 0.0944. The fraction of sp³-hybridized carbons (Fsp3) is 0.500. The van der Waals surface area contributed by atoms with E-state index in [2.05, 4.69) is 28.2 Å². The van der Waals surface area contributed by atoms with Gasteiger partial charge in [0, 0.05) is 16.2 Å². The van der Waals surface area contributed by atoms with Gasteiger partial charge in [-0.1, -0.05) is 22.9 Å². The molecule has 1 aromatic rings. The van der Waals surface area contributed by atoms with Gasteiger partial charge in [-0.25, -0.2) is 0 Å². The van der Waals surface area contributed by atoms with E-state index in [-0.39, 0.29) is 11.9 Å². The molecule has 4 heteroatoms. The molecule has 1 amide bonds. The fourth-order valence-electron chi connectivity index (χ4n) is 1.06. The lowest BCUT2D eigenvalue weighted by Gasteiger charge is -2.12. The summed E-state index contributed by atoms with van der Waals surface area (Å²) in [7, 11) is 0. The lowest BCUT2D eigenvalue weighted by Crippen LogP contribution is -2.34. The summed E-state index contributed by atoms with van der Waals surface area (Å²) in [4.78, 5) is 13.6. The van der Waals surface area contributed by atoms with Crippen LogP contribution in [-0.4, -0.2) is 17.3 Å². The third kappa shape index (κ3) is 3.10. The predicted molar refractivity (Wildman–Crippen MR) is 64.4 cm³/mol. The highest BCUT2D eigenvalue weighted by molar-refractivity contribution is 9.09. The second-order valence-electron chi connectivity index (χ2n) is 3.14. The first kappa shape index (κ1) is 11.7. The number of carbonyl (C=O) groups excluding carboxylic acids is 1. The maximum atomic E-state index is 11.7. The van der Waals surface area contributed by atoms with Gasteiger partial charge in [-0.15, -0.1) is 11.3 Å². The smallest absolute Gasteiger partial charge is 0.261 e. The minimum absolute atomic E-state index is 0.0365. The average Bonchev–Trinajstić information content (AvgIpc) is 2.61. The molecule has 0 saturated carbocycles. The van der Waals surface area contributed by atoms with E-state index in [1.807, 2.05) is 19.1 Å². The first-order valence-electron chi connectivity index (χ1n) is 4.60. The number of amides is 1. The van der Waals surface area contributed by atoms with Crippen LogP contribution < -0.4 is 5.32 Å². The zero-order valence-electron chi connectivity index (χ0n) is 8.34. The van der Waals surface area contributed by atoms with Crippen LogP contribution in [0.3, 0.4) is 0 Å². The number of halogens is 1. The van der Waals surface area contributed by atoms with Crippen LogP contribution in [0.2, 0.25) is 0 Å². The van der Waals surface area contributed by atoms with Crippen molar-refractivity contribution >= 4 is 33.2 Å². The Morgan fingerprint density at radius 1 is 1.64 bits per heavy atom. The standard InChI is InChI=1S/C10H14BrNOS/c1-3-8(6-11)12-10(13)9-5-4-7(2)14-9/h4-5,8H,3,6H2,1-2H3,(H,12,13). The number of hydrogen-bond donors (Lipinski definition) is 1. The van der Waals surface area contributed by atoms with E-state index >= 15 is 0 Å². The Morgan fingerprint density at radius 2 is 2.36 bits per heavy atom. The van der Waals surface area contributed by atoms with Gasteiger partial charge in [0.15, 0.2) is 0 Å². The Balaban J connectivity index is 2.58. The molecule has 0 aliphatic carbocycles. The number of alkyl halides is 1. The topological polar surface area (TPSA) is 29.1 Å². The molecule has 14 heavy (non-hydrogen) atoms. The molecule has 0 aliphatic heterocycles. The molecular formula is C10H14BrNOS. The van der Waals surface area contributed by atoms with E-state index < -0.39 is 0 Å². The van der Waals surface area contributed by atoms with Crippen LogP contribution in [0.15, 0.2) is 12.1 Å². The van der Waals surface area contributed by atoms with E-state index in [0.29, 0.717) is 0 Å². The number of rotatable bonds is 4. The molecule has 1 N–H and O–H groups in total. The van der Waals surface area contributed by atoms with Gasteiger partial charge in [0.05, 0.1) is 4.88 Å². The van der Waals surface area contributed by atoms with E-state index in [0.717, 1.165) is 16.6 Å². The van der Waals surface area contributed by atoms with Gasteiger partial charge >= 0.3 is 0 Å². The van der Waals surface area contributed by atoms with Gasteiger partial charge in [0.1, 0.15) is 0 Å². The van der Waals surface area contributed by atoms with Gasteiger partial charge < -0.3 is 5.32 Å². The summed E-state index contributed by atoms with van der Waals surface area (Å²) in [5.74, 6) is 0.0365. The molecule has 0 fully saturated rings. The molecule has 2 nitrogen and oxygen atoms in total. The summed E-state index contributed by atoms with van der Waals surface area (Å²) in [5, 5.41) is 3.78. The third-order valence-electron chi connectivity index (χ3n) is 1.98. The molecule has 1 heterocycles. The zero-order valence-corrected chi connectivity index (χ0v) is 10.7. The Kier molecular flexibility index (Phi) is 4.62. The second-order valence-corrected chi connectivity index (χ2v) is 5.08. The van der Waals surface area contributed by atoms with Crippen LogP contribution in [-0.2, 0) is 0 Å². The van der Waals surface area contributed by atoms with E-state index in [9.17, 15) is 4.79 Å². The SMILES string of the molecule is CCC(CBr)NC(=O)c1ccc(C)s1. The van der Waals surface area contributed by atoms with Gasteiger partial charge in [0.2, 0.25) is 0 Å². The van der Waals surface area contributed by atoms with Crippen LogP contribution in [0.25, 0.3) is 0 Å². The minimum Gasteiger partial charge on any atom is -0.348 e. The van der Waals surface area contributed by atoms with Crippen molar-refractivity contribution < 1.29 is 4.79 Å². The van der Waals surface area contributed by atoms with Crippen molar-refractivity contribution in [3.63, 3.8) is 0 Å². The molecule has 0 spiro atoms. The van der Waals surface area contributed by atoms with E-state index in [1.54, 1.807) is 0 Å². The molecular weight excluding hydrogens is 262 g/mol. The summed E-state index contributed by atoms with van der Waals surface area (Å²) >= 11 is 4.90. The predicted octanol–water partition coefficient (Wildman–Crippen LogP) is 2.96. The van der Waals surface area contributed by atoms with E-state index in [4.69, 9.17) is 0 Å². The largest absolute Gasteiger partial charge is 0.348 e.